The maximum absolute atomic E-state index is 12.1. The highest BCUT2D eigenvalue weighted by molar-refractivity contribution is 7.99. The van der Waals surface area contributed by atoms with Crippen molar-refractivity contribution >= 4 is 17.7 Å². The molecule has 1 saturated heterocycles. The van der Waals surface area contributed by atoms with Gasteiger partial charge >= 0.3 is 0 Å². The molecule has 18 heavy (non-hydrogen) atoms. The number of aryl methyl sites for hydroxylation is 1. The lowest BCUT2D eigenvalue weighted by molar-refractivity contribution is -0.129. The topological polar surface area (TPSA) is 20.3 Å². The predicted octanol–water partition coefficient (Wildman–Crippen LogP) is 3.06. The van der Waals surface area contributed by atoms with E-state index in [4.69, 9.17) is 0 Å². The summed E-state index contributed by atoms with van der Waals surface area (Å²) in [6, 6.07) is 8.53. The molecular weight excluding hydrogens is 242 g/mol. The Kier molecular flexibility index (Phi) is 4.33. The largest absolute Gasteiger partial charge is 0.341 e. The normalized spacial score (nSPS) is 21.1. The van der Waals surface area contributed by atoms with E-state index in [0.29, 0.717) is 11.8 Å². The SMILES string of the molecule is CS[C@@H](C)C(=O)N1CC[C@@H](c2ccccc2C)C1. The lowest BCUT2D eigenvalue weighted by Crippen LogP contribution is -2.34. The first-order valence-corrected chi connectivity index (χ1v) is 7.79. The summed E-state index contributed by atoms with van der Waals surface area (Å²) < 4.78 is 0. The van der Waals surface area contributed by atoms with Crippen LogP contribution in [0.2, 0.25) is 0 Å². The fraction of sp³-hybridized carbons (Fsp3) is 0.533. The van der Waals surface area contributed by atoms with Gasteiger partial charge in [-0.3, -0.25) is 4.79 Å². The third kappa shape index (κ3) is 2.72. The molecule has 0 N–H and O–H groups in total. The summed E-state index contributed by atoms with van der Waals surface area (Å²) in [5, 5.41) is 0.0839. The molecule has 1 fully saturated rings. The average molecular weight is 263 g/mol. The monoisotopic (exact) mass is 263 g/mol. The van der Waals surface area contributed by atoms with Gasteiger partial charge in [0.15, 0.2) is 0 Å². The number of carbonyl (C=O) groups is 1. The van der Waals surface area contributed by atoms with E-state index in [1.807, 2.05) is 18.1 Å². The highest BCUT2D eigenvalue weighted by Crippen LogP contribution is 2.30. The molecule has 1 aromatic carbocycles. The van der Waals surface area contributed by atoms with Gasteiger partial charge in [-0.1, -0.05) is 24.3 Å². The van der Waals surface area contributed by atoms with E-state index in [9.17, 15) is 4.79 Å². The number of benzene rings is 1. The Hall–Kier alpha value is -0.960. The van der Waals surface area contributed by atoms with Crippen molar-refractivity contribution in [3.8, 4) is 0 Å². The fourth-order valence-corrected chi connectivity index (χ4v) is 2.97. The number of hydrogen-bond acceptors (Lipinski definition) is 2. The molecule has 98 valence electrons. The van der Waals surface area contributed by atoms with Crippen molar-refractivity contribution in [1.29, 1.82) is 0 Å². The summed E-state index contributed by atoms with van der Waals surface area (Å²) in [5.74, 6) is 0.808. The van der Waals surface area contributed by atoms with Gasteiger partial charge in [-0.2, -0.15) is 11.8 Å². The minimum Gasteiger partial charge on any atom is -0.341 e. The van der Waals surface area contributed by atoms with Crippen molar-refractivity contribution in [2.75, 3.05) is 19.3 Å². The minimum absolute atomic E-state index is 0.0839. The number of carbonyl (C=O) groups excluding carboxylic acids is 1. The summed E-state index contributed by atoms with van der Waals surface area (Å²) in [7, 11) is 0. The molecule has 0 aromatic heterocycles. The molecule has 0 saturated carbocycles. The summed E-state index contributed by atoms with van der Waals surface area (Å²) in [6.45, 7) is 5.94. The van der Waals surface area contributed by atoms with Crippen LogP contribution in [0.5, 0.6) is 0 Å². The van der Waals surface area contributed by atoms with Crippen LogP contribution in [0.4, 0.5) is 0 Å². The maximum atomic E-state index is 12.1. The third-order valence-electron chi connectivity index (χ3n) is 3.83. The van der Waals surface area contributed by atoms with Crippen LogP contribution in [-0.4, -0.2) is 35.4 Å². The molecule has 1 aliphatic rings. The van der Waals surface area contributed by atoms with Gasteiger partial charge < -0.3 is 4.90 Å². The number of nitrogens with zero attached hydrogens (tertiary/aromatic N) is 1. The molecule has 1 amide bonds. The van der Waals surface area contributed by atoms with E-state index >= 15 is 0 Å². The maximum Gasteiger partial charge on any atom is 0.235 e. The number of amides is 1. The minimum atomic E-state index is 0.0839. The van der Waals surface area contributed by atoms with Crippen LogP contribution in [0.25, 0.3) is 0 Å². The molecular formula is C15H21NOS. The van der Waals surface area contributed by atoms with Gasteiger partial charge in [-0.15, -0.1) is 0 Å². The van der Waals surface area contributed by atoms with Gasteiger partial charge in [0.1, 0.15) is 0 Å². The molecule has 2 rings (SSSR count). The Labute approximate surface area is 114 Å². The summed E-state index contributed by atoms with van der Waals surface area (Å²) in [4.78, 5) is 14.2. The molecule has 2 atom stereocenters. The van der Waals surface area contributed by atoms with Crippen LogP contribution in [0.15, 0.2) is 24.3 Å². The first kappa shape index (κ1) is 13.5. The van der Waals surface area contributed by atoms with E-state index in [1.165, 1.54) is 11.1 Å². The smallest absolute Gasteiger partial charge is 0.235 e. The molecule has 0 unspecified atom stereocenters. The van der Waals surface area contributed by atoms with Crippen molar-refractivity contribution in [1.82, 2.24) is 4.90 Å². The zero-order valence-corrected chi connectivity index (χ0v) is 12.2. The van der Waals surface area contributed by atoms with Crippen molar-refractivity contribution in [2.45, 2.75) is 31.4 Å². The molecule has 2 nitrogen and oxygen atoms in total. The summed E-state index contributed by atoms with van der Waals surface area (Å²) >= 11 is 1.63. The Morgan fingerprint density at radius 1 is 1.44 bits per heavy atom. The van der Waals surface area contributed by atoms with Gasteiger partial charge in [0.25, 0.3) is 0 Å². The third-order valence-corrected chi connectivity index (χ3v) is 4.74. The Morgan fingerprint density at radius 3 is 2.83 bits per heavy atom. The first-order valence-electron chi connectivity index (χ1n) is 6.50. The first-order chi connectivity index (χ1) is 8.63. The van der Waals surface area contributed by atoms with Crippen LogP contribution in [-0.2, 0) is 4.79 Å². The highest BCUT2D eigenvalue weighted by atomic mass is 32.2. The van der Waals surface area contributed by atoms with E-state index < -0.39 is 0 Å². The highest BCUT2D eigenvalue weighted by Gasteiger charge is 2.29. The average Bonchev–Trinajstić information content (AvgIpc) is 2.87. The molecule has 1 aliphatic heterocycles. The summed E-state index contributed by atoms with van der Waals surface area (Å²) in [6.07, 6.45) is 3.09. The number of likely N-dealkylation sites (tertiary alicyclic amines) is 1. The molecule has 1 aromatic rings. The number of hydrogen-bond donors (Lipinski definition) is 0. The van der Waals surface area contributed by atoms with Crippen molar-refractivity contribution < 1.29 is 4.79 Å². The molecule has 0 radical (unpaired) electrons. The number of rotatable bonds is 3. The molecule has 1 heterocycles. The van der Waals surface area contributed by atoms with Crippen LogP contribution in [0.1, 0.15) is 30.4 Å². The van der Waals surface area contributed by atoms with E-state index in [0.717, 1.165) is 19.5 Å². The zero-order valence-electron chi connectivity index (χ0n) is 11.3. The molecule has 0 bridgehead atoms. The van der Waals surface area contributed by atoms with Crippen LogP contribution in [0.3, 0.4) is 0 Å². The van der Waals surface area contributed by atoms with E-state index in [2.05, 4.69) is 31.2 Å². The second-order valence-corrected chi connectivity index (χ2v) is 6.18. The number of thioether (sulfide) groups is 1. The zero-order chi connectivity index (χ0) is 13.1. The van der Waals surface area contributed by atoms with Gasteiger partial charge in [0.05, 0.1) is 5.25 Å². The van der Waals surface area contributed by atoms with Crippen LogP contribution in [0, 0.1) is 6.92 Å². The van der Waals surface area contributed by atoms with Gasteiger partial charge in [0, 0.05) is 19.0 Å². The van der Waals surface area contributed by atoms with Gasteiger partial charge in [-0.05, 0) is 37.7 Å². The molecule has 3 heteroatoms. The Bertz CT molecular complexity index is 432. The lowest BCUT2D eigenvalue weighted by Gasteiger charge is -2.20. The van der Waals surface area contributed by atoms with Crippen molar-refractivity contribution in [2.24, 2.45) is 0 Å². The second kappa shape index (κ2) is 5.79. The molecule has 0 spiro atoms. The van der Waals surface area contributed by atoms with Crippen molar-refractivity contribution in [3.63, 3.8) is 0 Å². The van der Waals surface area contributed by atoms with Gasteiger partial charge in [0.2, 0.25) is 5.91 Å². The summed E-state index contributed by atoms with van der Waals surface area (Å²) in [5.41, 5.74) is 2.75. The van der Waals surface area contributed by atoms with Crippen LogP contribution >= 0.6 is 11.8 Å². The standard InChI is InChI=1S/C15H21NOS/c1-11-6-4-5-7-14(11)13-8-9-16(10-13)15(17)12(2)18-3/h4-7,12-13H,8-10H2,1-3H3/t12-,13+/m0/s1. The van der Waals surface area contributed by atoms with E-state index in [-0.39, 0.29) is 5.25 Å². The van der Waals surface area contributed by atoms with E-state index in [1.54, 1.807) is 11.8 Å². The Morgan fingerprint density at radius 2 is 2.17 bits per heavy atom. The fourth-order valence-electron chi connectivity index (χ4n) is 2.62. The molecule has 0 aliphatic carbocycles. The predicted molar refractivity (Wildman–Crippen MR) is 78.1 cm³/mol. The van der Waals surface area contributed by atoms with Gasteiger partial charge in [-0.25, -0.2) is 0 Å². The second-order valence-electron chi connectivity index (χ2n) is 5.00. The van der Waals surface area contributed by atoms with Crippen molar-refractivity contribution in [3.05, 3.63) is 35.4 Å². The quantitative estimate of drug-likeness (QED) is 0.835. The lowest BCUT2D eigenvalue weighted by atomic mass is 9.94. The van der Waals surface area contributed by atoms with Crippen LogP contribution < -0.4 is 0 Å². The Balaban J connectivity index is 2.05.